The maximum Gasteiger partial charge on any atom is 0.235 e. The monoisotopic (exact) mass is 354 g/mol. The Kier molecular flexibility index (Phi) is 4.72. The first kappa shape index (κ1) is 16.2. The molecule has 2 atom stereocenters. The molecule has 0 amide bonds. The molecule has 3 aromatic rings. The van der Waals surface area contributed by atoms with Gasteiger partial charge in [-0.3, -0.25) is 0 Å². The van der Waals surface area contributed by atoms with Crippen molar-refractivity contribution in [1.29, 1.82) is 0 Å². The smallest absolute Gasteiger partial charge is 0.235 e. The van der Waals surface area contributed by atoms with E-state index in [-0.39, 0.29) is 6.10 Å². The molecule has 1 fully saturated rings. The maximum absolute atomic E-state index is 6.50. The highest BCUT2D eigenvalue weighted by atomic mass is 35.5. The first-order chi connectivity index (χ1) is 12.3. The number of benzene rings is 2. The summed E-state index contributed by atoms with van der Waals surface area (Å²) in [5.41, 5.74) is 2.19. The van der Waals surface area contributed by atoms with Crippen LogP contribution in [-0.4, -0.2) is 18.1 Å². The van der Waals surface area contributed by atoms with Crippen molar-refractivity contribution in [2.75, 3.05) is 13.1 Å². The van der Waals surface area contributed by atoms with Crippen LogP contribution < -0.4 is 10.1 Å². The molecule has 2 heterocycles. The summed E-state index contributed by atoms with van der Waals surface area (Å²) >= 11 is 6.50. The van der Waals surface area contributed by atoms with Crippen LogP contribution in [-0.2, 0) is 0 Å². The summed E-state index contributed by atoms with van der Waals surface area (Å²) in [6.45, 7) is 1.86. The standard InChI is InChI=1S/C20H19ClN2O2/c21-17-12-15(14-4-2-1-3-5-14)6-7-18(17)25-19(16-8-9-22-13-16)20-23-10-11-24-20/h1-7,10-12,16,19,22H,8-9,13H2/t16-,19?/m0/s1. The van der Waals surface area contributed by atoms with Gasteiger partial charge in [-0.25, -0.2) is 4.98 Å². The van der Waals surface area contributed by atoms with Crippen molar-refractivity contribution in [3.05, 3.63) is 71.9 Å². The zero-order chi connectivity index (χ0) is 17.1. The third-order valence-electron chi connectivity index (χ3n) is 4.51. The minimum absolute atomic E-state index is 0.245. The molecule has 1 unspecified atom stereocenters. The highest BCUT2D eigenvalue weighted by Crippen LogP contribution is 2.36. The Bertz CT molecular complexity index is 815. The molecule has 4 nitrogen and oxygen atoms in total. The third-order valence-corrected chi connectivity index (χ3v) is 4.81. The van der Waals surface area contributed by atoms with Crippen LogP contribution in [0, 0.1) is 5.92 Å². The van der Waals surface area contributed by atoms with Gasteiger partial charge in [-0.1, -0.05) is 48.0 Å². The molecule has 2 aromatic carbocycles. The van der Waals surface area contributed by atoms with Gasteiger partial charge in [0.15, 0.2) is 6.10 Å². The first-order valence-corrected chi connectivity index (χ1v) is 8.81. The van der Waals surface area contributed by atoms with E-state index in [1.807, 2.05) is 36.4 Å². The molecule has 4 rings (SSSR count). The molecule has 128 valence electrons. The van der Waals surface area contributed by atoms with Crippen LogP contribution in [0.5, 0.6) is 5.75 Å². The van der Waals surface area contributed by atoms with Gasteiger partial charge in [0.2, 0.25) is 5.89 Å². The third kappa shape index (κ3) is 3.55. The van der Waals surface area contributed by atoms with Crippen molar-refractivity contribution in [3.63, 3.8) is 0 Å². The lowest BCUT2D eigenvalue weighted by Crippen LogP contribution is -2.21. The summed E-state index contributed by atoms with van der Waals surface area (Å²) < 4.78 is 11.7. The second-order valence-electron chi connectivity index (χ2n) is 6.17. The van der Waals surface area contributed by atoms with E-state index in [0.29, 0.717) is 22.6 Å². The van der Waals surface area contributed by atoms with E-state index in [4.69, 9.17) is 20.8 Å². The van der Waals surface area contributed by atoms with Gasteiger partial charge >= 0.3 is 0 Å². The predicted octanol–water partition coefficient (Wildman–Crippen LogP) is 4.72. The Morgan fingerprint density at radius 3 is 2.72 bits per heavy atom. The average molecular weight is 355 g/mol. The SMILES string of the molecule is Clc1cc(-c2ccccc2)ccc1OC(c1ncco1)[C@H]1CCNC1. The molecule has 5 heteroatoms. The van der Waals surface area contributed by atoms with Crippen LogP contribution in [0.15, 0.2) is 65.4 Å². The Hall–Kier alpha value is -2.30. The van der Waals surface area contributed by atoms with Gasteiger partial charge in [0.05, 0.1) is 11.2 Å². The van der Waals surface area contributed by atoms with E-state index >= 15 is 0 Å². The summed E-state index contributed by atoms with van der Waals surface area (Å²) in [5, 5.41) is 3.95. The van der Waals surface area contributed by atoms with Gasteiger partial charge in [0.1, 0.15) is 12.0 Å². The van der Waals surface area contributed by atoms with Crippen LogP contribution in [0.4, 0.5) is 0 Å². The number of ether oxygens (including phenoxy) is 1. The van der Waals surface area contributed by atoms with Crippen molar-refractivity contribution in [3.8, 4) is 16.9 Å². The van der Waals surface area contributed by atoms with Crippen LogP contribution in [0.3, 0.4) is 0 Å². The molecule has 1 aliphatic heterocycles. The van der Waals surface area contributed by atoms with Crippen molar-refractivity contribution < 1.29 is 9.15 Å². The van der Waals surface area contributed by atoms with Crippen LogP contribution in [0.1, 0.15) is 18.4 Å². The van der Waals surface area contributed by atoms with Gasteiger partial charge < -0.3 is 14.5 Å². The fraction of sp³-hybridized carbons (Fsp3) is 0.250. The molecule has 0 bridgehead atoms. The fourth-order valence-corrected chi connectivity index (χ4v) is 3.43. The van der Waals surface area contributed by atoms with Crippen LogP contribution >= 0.6 is 11.6 Å². The number of hydrogen-bond donors (Lipinski definition) is 1. The molecular formula is C20H19ClN2O2. The van der Waals surface area contributed by atoms with E-state index in [2.05, 4.69) is 22.4 Å². The van der Waals surface area contributed by atoms with Crippen molar-refractivity contribution in [2.45, 2.75) is 12.5 Å². The fourth-order valence-electron chi connectivity index (χ4n) is 3.20. The van der Waals surface area contributed by atoms with E-state index in [1.165, 1.54) is 0 Å². The Labute approximate surface area is 151 Å². The molecule has 1 aromatic heterocycles. The van der Waals surface area contributed by atoms with Gasteiger partial charge in [0, 0.05) is 12.5 Å². The number of hydrogen-bond acceptors (Lipinski definition) is 4. The van der Waals surface area contributed by atoms with Gasteiger partial charge in [-0.05, 0) is 36.2 Å². The second-order valence-corrected chi connectivity index (χ2v) is 6.58. The average Bonchev–Trinajstić information content (AvgIpc) is 3.35. The minimum Gasteiger partial charge on any atom is -0.479 e. The second kappa shape index (κ2) is 7.30. The Morgan fingerprint density at radius 2 is 2.04 bits per heavy atom. The highest BCUT2D eigenvalue weighted by molar-refractivity contribution is 6.32. The van der Waals surface area contributed by atoms with E-state index in [1.54, 1.807) is 12.5 Å². The van der Waals surface area contributed by atoms with Crippen LogP contribution in [0.2, 0.25) is 5.02 Å². The van der Waals surface area contributed by atoms with Crippen molar-refractivity contribution in [2.24, 2.45) is 5.92 Å². The zero-order valence-electron chi connectivity index (χ0n) is 13.7. The number of rotatable bonds is 5. The lowest BCUT2D eigenvalue weighted by atomic mass is 10.0. The summed E-state index contributed by atoms with van der Waals surface area (Å²) in [7, 11) is 0. The molecule has 1 N–H and O–H groups in total. The summed E-state index contributed by atoms with van der Waals surface area (Å²) in [4.78, 5) is 4.29. The van der Waals surface area contributed by atoms with Gasteiger partial charge in [-0.2, -0.15) is 0 Å². The van der Waals surface area contributed by atoms with Crippen LogP contribution in [0.25, 0.3) is 11.1 Å². The highest BCUT2D eigenvalue weighted by Gasteiger charge is 2.31. The normalized spacial score (nSPS) is 18.2. The number of nitrogens with zero attached hydrogens (tertiary/aromatic N) is 1. The number of oxazole rings is 1. The van der Waals surface area contributed by atoms with E-state index in [0.717, 1.165) is 30.6 Å². The molecule has 1 saturated heterocycles. The van der Waals surface area contributed by atoms with Crippen molar-refractivity contribution >= 4 is 11.6 Å². The number of nitrogens with one attached hydrogen (secondary N) is 1. The summed E-state index contributed by atoms with van der Waals surface area (Å²) in [5.74, 6) is 1.55. The molecular weight excluding hydrogens is 336 g/mol. The molecule has 0 radical (unpaired) electrons. The minimum atomic E-state index is -0.245. The molecule has 0 aliphatic carbocycles. The lowest BCUT2D eigenvalue weighted by Gasteiger charge is -2.22. The predicted molar refractivity (Wildman–Crippen MR) is 97.7 cm³/mol. The summed E-state index contributed by atoms with van der Waals surface area (Å²) in [6.07, 6.45) is 4.00. The Morgan fingerprint density at radius 1 is 1.16 bits per heavy atom. The quantitative estimate of drug-likeness (QED) is 0.719. The molecule has 25 heavy (non-hydrogen) atoms. The van der Waals surface area contributed by atoms with E-state index < -0.39 is 0 Å². The lowest BCUT2D eigenvalue weighted by molar-refractivity contribution is 0.114. The first-order valence-electron chi connectivity index (χ1n) is 8.43. The van der Waals surface area contributed by atoms with Gasteiger partial charge in [-0.15, -0.1) is 0 Å². The maximum atomic E-state index is 6.50. The molecule has 0 saturated carbocycles. The van der Waals surface area contributed by atoms with E-state index in [9.17, 15) is 0 Å². The van der Waals surface area contributed by atoms with Gasteiger partial charge in [0.25, 0.3) is 0 Å². The topological polar surface area (TPSA) is 47.3 Å². The largest absolute Gasteiger partial charge is 0.479 e. The number of halogens is 1. The number of aromatic nitrogens is 1. The molecule has 0 spiro atoms. The molecule has 1 aliphatic rings. The zero-order valence-corrected chi connectivity index (χ0v) is 14.4. The summed E-state index contributed by atoms with van der Waals surface area (Å²) in [6, 6.07) is 16.0. The van der Waals surface area contributed by atoms with Crippen molar-refractivity contribution in [1.82, 2.24) is 10.3 Å². The Balaban J connectivity index is 1.60.